The van der Waals surface area contributed by atoms with Crippen LogP contribution in [0.1, 0.15) is 17.3 Å². The maximum absolute atomic E-state index is 5.47. The third kappa shape index (κ3) is 2.60. The number of hydrogen-bond donors (Lipinski definition) is 1. The minimum atomic E-state index is 0.00533. The van der Waals surface area contributed by atoms with Gasteiger partial charge in [0.2, 0.25) is 0 Å². The van der Waals surface area contributed by atoms with Crippen LogP contribution in [0.5, 0.6) is 5.75 Å². The zero-order chi connectivity index (χ0) is 14.7. The predicted octanol–water partition coefficient (Wildman–Crippen LogP) is 3.55. The molecule has 0 aliphatic carbocycles. The van der Waals surface area contributed by atoms with Gasteiger partial charge in [-0.3, -0.25) is 4.98 Å². The summed E-state index contributed by atoms with van der Waals surface area (Å²) < 4.78 is 5.47. The molecular weight excluding hydrogens is 260 g/mol. The van der Waals surface area contributed by atoms with E-state index in [-0.39, 0.29) is 6.04 Å². The molecule has 0 aliphatic rings. The van der Waals surface area contributed by atoms with E-state index in [4.69, 9.17) is 9.72 Å². The fourth-order valence-electron chi connectivity index (χ4n) is 2.61. The number of aromatic nitrogens is 1. The lowest BCUT2D eigenvalue weighted by Gasteiger charge is -2.19. The normalized spacial score (nSPS) is 12.3. The molecule has 2 aromatic carbocycles. The monoisotopic (exact) mass is 278 g/mol. The first kappa shape index (κ1) is 13.6. The van der Waals surface area contributed by atoms with Gasteiger partial charge in [-0.1, -0.05) is 42.5 Å². The molecule has 1 atom stereocenters. The van der Waals surface area contributed by atoms with Crippen molar-refractivity contribution in [2.45, 2.75) is 6.04 Å². The molecule has 0 radical (unpaired) electrons. The second-order valence-corrected chi connectivity index (χ2v) is 4.89. The molecule has 0 spiro atoms. The Kier molecular flexibility index (Phi) is 3.84. The van der Waals surface area contributed by atoms with Crippen molar-refractivity contribution in [2.75, 3.05) is 14.2 Å². The SMILES string of the molecule is CNC(c1ccc2ccccc2n1)c1ccccc1OC. The number of nitrogens with zero attached hydrogens (tertiary/aromatic N) is 1. The van der Waals surface area contributed by atoms with Gasteiger partial charge in [0, 0.05) is 10.9 Å². The molecular formula is C18H18N2O. The average Bonchev–Trinajstić information content (AvgIpc) is 2.56. The van der Waals surface area contributed by atoms with E-state index in [0.29, 0.717) is 0 Å². The van der Waals surface area contributed by atoms with Crippen LogP contribution in [0.4, 0.5) is 0 Å². The van der Waals surface area contributed by atoms with Gasteiger partial charge >= 0.3 is 0 Å². The largest absolute Gasteiger partial charge is 0.496 e. The van der Waals surface area contributed by atoms with Crippen molar-refractivity contribution in [3.05, 3.63) is 71.9 Å². The van der Waals surface area contributed by atoms with Crippen molar-refractivity contribution in [1.29, 1.82) is 0 Å². The van der Waals surface area contributed by atoms with Crippen LogP contribution in [-0.2, 0) is 0 Å². The maximum Gasteiger partial charge on any atom is 0.124 e. The standard InChI is InChI=1S/C18H18N2O/c1-19-18(14-8-4-6-10-17(14)21-2)16-12-11-13-7-3-5-9-15(13)20-16/h3-12,18-19H,1-2H3. The molecule has 106 valence electrons. The molecule has 3 heteroatoms. The first-order valence-electron chi connectivity index (χ1n) is 6.99. The van der Waals surface area contributed by atoms with Crippen molar-refractivity contribution >= 4 is 10.9 Å². The van der Waals surface area contributed by atoms with E-state index in [9.17, 15) is 0 Å². The molecule has 3 rings (SSSR count). The fourth-order valence-corrected chi connectivity index (χ4v) is 2.61. The van der Waals surface area contributed by atoms with Gasteiger partial charge in [-0.05, 0) is 25.2 Å². The molecule has 0 bridgehead atoms. The smallest absolute Gasteiger partial charge is 0.124 e. The molecule has 0 fully saturated rings. The predicted molar refractivity (Wildman–Crippen MR) is 85.6 cm³/mol. The molecule has 1 heterocycles. The molecule has 0 saturated heterocycles. The van der Waals surface area contributed by atoms with Crippen LogP contribution in [-0.4, -0.2) is 19.1 Å². The Labute approximate surface area is 124 Å². The lowest BCUT2D eigenvalue weighted by molar-refractivity contribution is 0.405. The minimum Gasteiger partial charge on any atom is -0.496 e. The summed E-state index contributed by atoms with van der Waals surface area (Å²) in [6.07, 6.45) is 0. The van der Waals surface area contributed by atoms with Crippen LogP contribution in [0.3, 0.4) is 0 Å². The summed E-state index contributed by atoms with van der Waals surface area (Å²) in [4.78, 5) is 4.78. The van der Waals surface area contributed by atoms with Crippen molar-refractivity contribution in [1.82, 2.24) is 10.3 Å². The number of ether oxygens (including phenoxy) is 1. The Morgan fingerprint density at radius 1 is 0.952 bits per heavy atom. The Bertz CT molecular complexity index is 755. The number of rotatable bonds is 4. The Balaban J connectivity index is 2.09. The van der Waals surface area contributed by atoms with Crippen LogP contribution in [0, 0.1) is 0 Å². The van der Waals surface area contributed by atoms with Crippen molar-refractivity contribution in [2.24, 2.45) is 0 Å². The number of nitrogens with one attached hydrogen (secondary N) is 1. The zero-order valence-corrected chi connectivity index (χ0v) is 12.2. The van der Waals surface area contributed by atoms with Gasteiger partial charge in [0.25, 0.3) is 0 Å². The van der Waals surface area contributed by atoms with Crippen molar-refractivity contribution < 1.29 is 4.74 Å². The molecule has 0 saturated carbocycles. The molecule has 1 N–H and O–H groups in total. The zero-order valence-electron chi connectivity index (χ0n) is 12.2. The lowest BCUT2D eigenvalue weighted by atomic mass is 10.0. The summed E-state index contributed by atoms with van der Waals surface area (Å²) in [7, 11) is 3.63. The number of para-hydroxylation sites is 2. The molecule has 1 aromatic heterocycles. The summed E-state index contributed by atoms with van der Waals surface area (Å²) in [6.45, 7) is 0. The molecule has 1 unspecified atom stereocenters. The Morgan fingerprint density at radius 2 is 1.71 bits per heavy atom. The van der Waals surface area contributed by atoms with Crippen LogP contribution in [0.2, 0.25) is 0 Å². The van der Waals surface area contributed by atoms with Crippen LogP contribution >= 0.6 is 0 Å². The van der Waals surface area contributed by atoms with E-state index in [1.54, 1.807) is 7.11 Å². The number of benzene rings is 2. The van der Waals surface area contributed by atoms with E-state index in [0.717, 1.165) is 27.9 Å². The molecule has 21 heavy (non-hydrogen) atoms. The molecule has 0 aliphatic heterocycles. The quantitative estimate of drug-likeness (QED) is 0.792. The summed E-state index contributed by atoms with van der Waals surface area (Å²) in [6, 6.07) is 20.4. The summed E-state index contributed by atoms with van der Waals surface area (Å²) >= 11 is 0. The number of pyridine rings is 1. The van der Waals surface area contributed by atoms with Crippen LogP contribution < -0.4 is 10.1 Å². The third-order valence-electron chi connectivity index (χ3n) is 3.65. The maximum atomic E-state index is 5.47. The molecule has 3 aromatic rings. The lowest BCUT2D eigenvalue weighted by Crippen LogP contribution is -2.19. The van der Waals surface area contributed by atoms with E-state index in [1.807, 2.05) is 43.4 Å². The van der Waals surface area contributed by atoms with Crippen LogP contribution in [0.25, 0.3) is 10.9 Å². The second-order valence-electron chi connectivity index (χ2n) is 4.89. The van der Waals surface area contributed by atoms with E-state index >= 15 is 0 Å². The van der Waals surface area contributed by atoms with Gasteiger partial charge in [-0.2, -0.15) is 0 Å². The summed E-state index contributed by atoms with van der Waals surface area (Å²) in [5, 5.41) is 4.48. The second kappa shape index (κ2) is 5.94. The van der Waals surface area contributed by atoms with E-state index in [1.165, 1.54) is 0 Å². The first-order valence-corrected chi connectivity index (χ1v) is 6.99. The highest BCUT2D eigenvalue weighted by atomic mass is 16.5. The van der Waals surface area contributed by atoms with E-state index < -0.39 is 0 Å². The van der Waals surface area contributed by atoms with Gasteiger partial charge in [-0.15, -0.1) is 0 Å². The average molecular weight is 278 g/mol. The fraction of sp³-hybridized carbons (Fsp3) is 0.167. The topological polar surface area (TPSA) is 34.2 Å². The van der Waals surface area contributed by atoms with Gasteiger partial charge in [-0.25, -0.2) is 0 Å². The van der Waals surface area contributed by atoms with E-state index in [2.05, 4.69) is 29.6 Å². The Hall–Kier alpha value is -2.39. The first-order chi connectivity index (χ1) is 10.3. The number of methoxy groups -OCH3 is 1. The van der Waals surface area contributed by atoms with Gasteiger partial charge in [0.15, 0.2) is 0 Å². The minimum absolute atomic E-state index is 0.00533. The summed E-state index contributed by atoms with van der Waals surface area (Å²) in [5.41, 5.74) is 3.08. The highest BCUT2D eigenvalue weighted by Crippen LogP contribution is 2.29. The van der Waals surface area contributed by atoms with Gasteiger partial charge in [0.1, 0.15) is 5.75 Å². The van der Waals surface area contributed by atoms with Crippen LogP contribution in [0.15, 0.2) is 60.7 Å². The molecule has 3 nitrogen and oxygen atoms in total. The number of hydrogen-bond acceptors (Lipinski definition) is 3. The van der Waals surface area contributed by atoms with Crippen molar-refractivity contribution in [3.8, 4) is 5.75 Å². The highest BCUT2D eigenvalue weighted by Gasteiger charge is 2.17. The summed E-state index contributed by atoms with van der Waals surface area (Å²) in [5.74, 6) is 0.867. The van der Waals surface area contributed by atoms with Gasteiger partial charge < -0.3 is 10.1 Å². The Morgan fingerprint density at radius 3 is 2.52 bits per heavy atom. The number of fused-ring (bicyclic) bond motifs is 1. The highest BCUT2D eigenvalue weighted by molar-refractivity contribution is 5.78. The third-order valence-corrected chi connectivity index (χ3v) is 3.65. The van der Waals surface area contributed by atoms with Crippen molar-refractivity contribution in [3.63, 3.8) is 0 Å². The van der Waals surface area contributed by atoms with Gasteiger partial charge in [0.05, 0.1) is 24.4 Å². The molecule has 0 amide bonds.